The number of fused-ring (bicyclic) bond motifs is 1. The molecule has 2 aromatic heterocycles. The second-order valence-corrected chi connectivity index (χ2v) is 8.16. The van der Waals surface area contributed by atoms with E-state index in [4.69, 9.17) is 4.74 Å². The summed E-state index contributed by atoms with van der Waals surface area (Å²) in [5.41, 5.74) is 2.69. The average Bonchev–Trinajstić information content (AvgIpc) is 3.37. The molecule has 0 spiro atoms. The fourth-order valence-electron chi connectivity index (χ4n) is 3.50. The van der Waals surface area contributed by atoms with E-state index in [1.807, 2.05) is 60.7 Å². The fourth-order valence-corrected chi connectivity index (χ4v) is 4.36. The number of imidazole rings is 1. The highest BCUT2D eigenvalue weighted by Crippen LogP contribution is 2.35. The summed E-state index contributed by atoms with van der Waals surface area (Å²) in [5, 5.41) is 9.36. The number of benzene rings is 3. The van der Waals surface area contributed by atoms with E-state index >= 15 is 4.39 Å². The molecule has 3 aromatic carbocycles. The predicted molar refractivity (Wildman–Crippen MR) is 122 cm³/mol. The van der Waals surface area contributed by atoms with Crippen LogP contribution < -0.4 is 4.74 Å². The number of rotatable bonds is 6. The van der Waals surface area contributed by atoms with Gasteiger partial charge in [0.15, 0.2) is 0 Å². The smallest absolute Gasteiger partial charge is 0.346 e. The zero-order chi connectivity index (χ0) is 22.1. The van der Waals surface area contributed by atoms with Crippen LogP contribution in [0.1, 0.15) is 15.2 Å². The van der Waals surface area contributed by atoms with Crippen LogP contribution in [-0.4, -0.2) is 20.6 Å². The summed E-state index contributed by atoms with van der Waals surface area (Å²) in [6.07, 6.45) is 0. The van der Waals surface area contributed by atoms with Crippen LogP contribution in [0.5, 0.6) is 5.75 Å². The number of halogens is 1. The van der Waals surface area contributed by atoms with Crippen molar-refractivity contribution in [2.24, 2.45) is 0 Å². The fraction of sp³-hybridized carbons (Fsp3) is 0.0400. The van der Waals surface area contributed by atoms with Gasteiger partial charge in [-0.1, -0.05) is 48.5 Å². The third kappa shape index (κ3) is 3.74. The first-order chi connectivity index (χ1) is 15.6. The van der Waals surface area contributed by atoms with E-state index in [1.165, 1.54) is 6.07 Å². The molecule has 0 amide bonds. The molecule has 0 saturated heterocycles. The Balaban J connectivity index is 1.55. The highest BCUT2D eigenvalue weighted by molar-refractivity contribution is 7.20. The number of carbonyl (C=O) groups is 1. The molecular formula is C25H17FN2O3S. The number of hydrogen-bond donors (Lipinski definition) is 1. The molecule has 5 nitrogen and oxygen atoms in total. The molecule has 5 rings (SSSR count). The molecule has 0 aliphatic carbocycles. The van der Waals surface area contributed by atoms with Gasteiger partial charge >= 0.3 is 5.97 Å². The number of ether oxygens (including phenoxy) is 1. The number of aromatic carboxylic acids is 1. The van der Waals surface area contributed by atoms with E-state index in [-0.39, 0.29) is 4.88 Å². The molecule has 0 unspecified atom stereocenters. The van der Waals surface area contributed by atoms with E-state index in [9.17, 15) is 9.90 Å². The summed E-state index contributed by atoms with van der Waals surface area (Å²) >= 11 is 1.07. The van der Waals surface area contributed by atoms with Gasteiger partial charge in [0.25, 0.3) is 0 Å². The maximum Gasteiger partial charge on any atom is 0.346 e. The van der Waals surface area contributed by atoms with Gasteiger partial charge in [0.05, 0.1) is 11.1 Å². The lowest BCUT2D eigenvalue weighted by Crippen LogP contribution is -2.00. The maximum absolute atomic E-state index is 15.2. The number of carboxylic acid groups (broad SMARTS) is 1. The second-order valence-electron chi connectivity index (χ2n) is 7.13. The highest BCUT2D eigenvalue weighted by Gasteiger charge is 2.21. The minimum Gasteiger partial charge on any atom is -0.489 e. The van der Waals surface area contributed by atoms with Crippen LogP contribution in [0.15, 0.2) is 84.9 Å². The molecule has 5 aromatic rings. The number of thiophene rings is 1. The standard InChI is InChI=1S/C25H17FN2O3S/c26-20-13-18(31-15-16-7-3-1-4-8-16)11-12-19(20)23-27-24-21(14-22(32-24)25(29)30)28(23)17-9-5-2-6-10-17/h1-14H,15H2,(H,29,30). The lowest BCUT2D eigenvalue weighted by atomic mass is 10.1. The van der Waals surface area contributed by atoms with Crippen molar-refractivity contribution in [2.75, 3.05) is 0 Å². The Morgan fingerprint density at radius 1 is 1.00 bits per heavy atom. The molecule has 7 heteroatoms. The van der Waals surface area contributed by atoms with E-state index < -0.39 is 11.8 Å². The lowest BCUT2D eigenvalue weighted by Gasteiger charge is -2.11. The predicted octanol–water partition coefficient (Wildman–Crippen LogP) is 6.17. The second kappa shape index (κ2) is 8.28. The van der Waals surface area contributed by atoms with Crippen molar-refractivity contribution in [3.63, 3.8) is 0 Å². The summed E-state index contributed by atoms with van der Waals surface area (Å²) in [7, 11) is 0. The third-order valence-electron chi connectivity index (χ3n) is 5.01. The first-order valence-corrected chi connectivity index (χ1v) is 10.7. The van der Waals surface area contributed by atoms with Crippen molar-refractivity contribution in [3.8, 4) is 22.8 Å². The van der Waals surface area contributed by atoms with Crippen LogP contribution >= 0.6 is 11.3 Å². The lowest BCUT2D eigenvalue weighted by molar-refractivity contribution is 0.0702. The monoisotopic (exact) mass is 444 g/mol. The van der Waals surface area contributed by atoms with E-state index in [0.717, 1.165) is 22.6 Å². The van der Waals surface area contributed by atoms with E-state index in [1.54, 1.807) is 22.8 Å². The number of nitrogens with zero attached hydrogens (tertiary/aromatic N) is 2. The van der Waals surface area contributed by atoms with Gasteiger partial charge < -0.3 is 9.84 Å². The van der Waals surface area contributed by atoms with Crippen molar-refractivity contribution in [3.05, 3.63) is 101 Å². The van der Waals surface area contributed by atoms with Gasteiger partial charge in [-0.05, 0) is 35.9 Å². The number of aromatic nitrogens is 2. The number of para-hydroxylation sites is 1. The van der Waals surface area contributed by atoms with Gasteiger partial charge in [0, 0.05) is 11.8 Å². The molecule has 0 saturated carbocycles. The minimum atomic E-state index is -1.01. The molecule has 0 aliphatic rings. The zero-order valence-electron chi connectivity index (χ0n) is 16.7. The van der Waals surface area contributed by atoms with Gasteiger partial charge in [-0.15, -0.1) is 11.3 Å². The minimum absolute atomic E-state index is 0.184. The summed E-state index contributed by atoms with van der Waals surface area (Å²) in [6, 6.07) is 25.3. The summed E-state index contributed by atoms with van der Waals surface area (Å²) < 4.78 is 22.7. The zero-order valence-corrected chi connectivity index (χ0v) is 17.6. The molecular weight excluding hydrogens is 427 g/mol. The number of carboxylic acids is 1. The first-order valence-electron chi connectivity index (χ1n) is 9.88. The third-order valence-corrected chi connectivity index (χ3v) is 6.01. The molecule has 32 heavy (non-hydrogen) atoms. The van der Waals surface area contributed by atoms with Crippen LogP contribution in [-0.2, 0) is 6.61 Å². The van der Waals surface area contributed by atoms with Crippen molar-refractivity contribution in [1.82, 2.24) is 9.55 Å². The molecule has 0 bridgehead atoms. The highest BCUT2D eigenvalue weighted by atomic mass is 32.1. The molecule has 0 atom stereocenters. The van der Waals surface area contributed by atoms with E-state index in [0.29, 0.717) is 34.1 Å². The number of hydrogen-bond acceptors (Lipinski definition) is 4. The maximum atomic E-state index is 15.2. The van der Waals surface area contributed by atoms with Gasteiger partial charge in [0.2, 0.25) is 0 Å². The van der Waals surface area contributed by atoms with E-state index in [2.05, 4.69) is 4.98 Å². The topological polar surface area (TPSA) is 64.3 Å². The van der Waals surface area contributed by atoms with Gasteiger partial charge in [-0.3, -0.25) is 4.57 Å². The van der Waals surface area contributed by atoms with Crippen molar-refractivity contribution in [1.29, 1.82) is 0 Å². The van der Waals surface area contributed by atoms with Crippen LogP contribution in [0, 0.1) is 5.82 Å². The molecule has 0 radical (unpaired) electrons. The van der Waals surface area contributed by atoms with Crippen molar-refractivity contribution in [2.45, 2.75) is 6.61 Å². The van der Waals surface area contributed by atoms with Gasteiger partial charge in [0.1, 0.15) is 33.7 Å². The van der Waals surface area contributed by atoms with Crippen LogP contribution in [0.25, 0.3) is 27.4 Å². The van der Waals surface area contributed by atoms with Gasteiger partial charge in [-0.25, -0.2) is 14.2 Å². The SMILES string of the molecule is O=C(O)c1cc2c(nc(-c3ccc(OCc4ccccc4)cc3F)n2-c2ccccc2)s1. The Labute approximate surface area is 187 Å². The molecule has 2 heterocycles. The Kier molecular flexibility index (Phi) is 5.17. The largest absolute Gasteiger partial charge is 0.489 e. The van der Waals surface area contributed by atoms with Crippen LogP contribution in [0.2, 0.25) is 0 Å². The van der Waals surface area contributed by atoms with Gasteiger partial charge in [-0.2, -0.15) is 0 Å². The van der Waals surface area contributed by atoms with Crippen molar-refractivity contribution < 1.29 is 19.0 Å². The Bertz CT molecular complexity index is 1410. The molecule has 1 N–H and O–H groups in total. The van der Waals surface area contributed by atoms with Crippen LogP contribution in [0.4, 0.5) is 4.39 Å². The Morgan fingerprint density at radius 3 is 2.41 bits per heavy atom. The summed E-state index contributed by atoms with van der Waals surface area (Å²) in [4.78, 5) is 16.7. The molecule has 0 fully saturated rings. The first kappa shape index (κ1) is 20.0. The summed E-state index contributed by atoms with van der Waals surface area (Å²) in [5.74, 6) is -0.659. The molecule has 0 aliphatic heterocycles. The summed E-state index contributed by atoms with van der Waals surface area (Å²) in [6.45, 7) is 0.339. The van der Waals surface area contributed by atoms with Crippen LogP contribution in [0.3, 0.4) is 0 Å². The quantitative estimate of drug-likeness (QED) is 0.340. The van der Waals surface area contributed by atoms with Crippen molar-refractivity contribution >= 4 is 27.7 Å². The average molecular weight is 444 g/mol. The molecule has 158 valence electrons. The Hall–Kier alpha value is -3.97. The normalized spacial score (nSPS) is 11.0. The Morgan fingerprint density at radius 2 is 1.72 bits per heavy atom.